The minimum Gasteiger partial charge on any atom is -0.450 e. The SMILES string of the molecule is O=C(O[C@@H]1[C@@H](F)[C@@H](COS(=O)(=O)C(F)(F)F)O[C@@H]1O)c1ccccc1. The van der Waals surface area contributed by atoms with Gasteiger partial charge in [-0.3, -0.25) is 4.18 Å². The van der Waals surface area contributed by atoms with Gasteiger partial charge in [-0.25, -0.2) is 9.18 Å². The minimum absolute atomic E-state index is 0.0428. The van der Waals surface area contributed by atoms with Crippen molar-refractivity contribution in [3.63, 3.8) is 0 Å². The van der Waals surface area contributed by atoms with E-state index in [1.807, 2.05) is 0 Å². The molecule has 1 fully saturated rings. The summed E-state index contributed by atoms with van der Waals surface area (Å²) in [6, 6.07) is 7.33. The summed E-state index contributed by atoms with van der Waals surface area (Å²) in [4.78, 5) is 11.8. The van der Waals surface area contributed by atoms with Crippen LogP contribution in [0, 0.1) is 0 Å². The second kappa shape index (κ2) is 7.23. The summed E-state index contributed by atoms with van der Waals surface area (Å²) in [5.74, 6) is -1.000. The van der Waals surface area contributed by atoms with E-state index in [4.69, 9.17) is 4.74 Å². The fourth-order valence-electron chi connectivity index (χ4n) is 1.94. The van der Waals surface area contributed by atoms with Gasteiger partial charge in [-0.15, -0.1) is 0 Å². The molecule has 1 aliphatic heterocycles. The number of carbonyl (C=O) groups is 1. The van der Waals surface area contributed by atoms with E-state index in [2.05, 4.69) is 8.92 Å². The summed E-state index contributed by atoms with van der Waals surface area (Å²) >= 11 is 0. The Bertz CT molecular complexity index is 707. The van der Waals surface area contributed by atoms with Crippen molar-refractivity contribution in [3.05, 3.63) is 35.9 Å². The van der Waals surface area contributed by atoms with Crippen LogP contribution in [-0.2, 0) is 23.8 Å². The van der Waals surface area contributed by atoms with Crippen molar-refractivity contribution in [1.82, 2.24) is 0 Å². The molecule has 12 heteroatoms. The van der Waals surface area contributed by atoms with Gasteiger partial charge in [-0.1, -0.05) is 18.2 Å². The second-order valence-corrected chi connectivity index (χ2v) is 6.54. The number of ether oxygens (including phenoxy) is 2. The summed E-state index contributed by atoms with van der Waals surface area (Å²) in [5, 5.41) is 9.55. The first kappa shape index (κ1) is 19.6. The monoisotopic (exact) mass is 388 g/mol. The number of hydrogen-bond donors (Lipinski definition) is 1. The molecule has 1 aliphatic rings. The van der Waals surface area contributed by atoms with Crippen LogP contribution in [-0.4, -0.2) is 56.3 Å². The van der Waals surface area contributed by atoms with Gasteiger partial charge < -0.3 is 14.6 Å². The first-order valence-corrected chi connectivity index (χ1v) is 8.13. The molecule has 2 rings (SSSR count). The quantitative estimate of drug-likeness (QED) is 0.349. The third kappa shape index (κ3) is 4.45. The van der Waals surface area contributed by atoms with Crippen LogP contribution in [0.4, 0.5) is 17.6 Å². The zero-order valence-corrected chi connectivity index (χ0v) is 13.0. The predicted octanol–water partition coefficient (Wildman–Crippen LogP) is 1.13. The zero-order chi connectivity index (χ0) is 18.8. The third-order valence-electron chi connectivity index (χ3n) is 3.19. The van der Waals surface area contributed by atoms with Gasteiger partial charge in [0.25, 0.3) is 0 Å². The van der Waals surface area contributed by atoms with Crippen LogP contribution < -0.4 is 0 Å². The summed E-state index contributed by atoms with van der Waals surface area (Å²) in [6.07, 6.45) is -8.02. The fraction of sp³-hybridized carbons (Fsp3) is 0.462. The lowest BCUT2D eigenvalue weighted by Crippen LogP contribution is -2.36. The number of aliphatic hydroxyl groups excluding tert-OH is 1. The van der Waals surface area contributed by atoms with E-state index in [-0.39, 0.29) is 5.56 Å². The molecule has 1 saturated heterocycles. The van der Waals surface area contributed by atoms with Crippen LogP contribution in [0.25, 0.3) is 0 Å². The van der Waals surface area contributed by atoms with E-state index < -0.39 is 52.9 Å². The van der Waals surface area contributed by atoms with E-state index in [9.17, 15) is 35.9 Å². The topological polar surface area (TPSA) is 99.1 Å². The summed E-state index contributed by atoms with van der Waals surface area (Å²) in [7, 11) is -5.95. The Morgan fingerprint density at radius 1 is 1.24 bits per heavy atom. The first-order valence-electron chi connectivity index (χ1n) is 6.72. The summed E-state index contributed by atoms with van der Waals surface area (Å²) in [5.41, 5.74) is -5.64. The van der Waals surface area contributed by atoms with Gasteiger partial charge >= 0.3 is 21.6 Å². The maximum absolute atomic E-state index is 14.1. The lowest BCUT2D eigenvalue weighted by atomic mass is 10.1. The van der Waals surface area contributed by atoms with Gasteiger partial charge in [-0.2, -0.15) is 21.6 Å². The Hall–Kier alpha value is -1.76. The van der Waals surface area contributed by atoms with Gasteiger partial charge in [0.05, 0.1) is 12.2 Å². The van der Waals surface area contributed by atoms with E-state index in [0.717, 1.165) is 0 Å². The molecule has 0 bridgehead atoms. The molecule has 25 heavy (non-hydrogen) atoms. The molecular weight excluding hydrogens is 376 g/mol. The Labute approximate surface area is 139 Å². The lowest BCUT2D eigenvalue weighted by molar-refractivity contribution is -0.134. The van der Waals surface area contributed by atoms with E-state index in [1.54, 1.807) is 6.07 Å². The van der Waals surface area contributed by atoms with Crippen molar-refractivity contribution in [1.29, 1.82) is 0 Å². The van der Waals surface area contributed by atoms with Crippen molar-refractivity contribution < 1.29 is 49.5 Å². The molecule has 0 amide bonds. The third-order valence-corrected chi connectivity index (χ3v) is 4.20. The molecule has 140 valence electrons. The summed E-state index contributed by atoms with van der Waals surface area (Å²) < 4.78 is 85.1. The fourth-order valence-corrected chi connectivity index (χ4v) is 2.39. The standard InChI is InChI=1S/C13H12F4O7S/c14-9-8(6-22-25(20,21)13(15,16)17)23-12(19)10(9)24-11(18)7-4-2-1-3-5-7/h1-5,8-10,12,19H,6H2/t8-,9+,10-,12+/m1/s1. The van der Waals surface area contributed by atoms with Crippen molar-refractivity contribution >= 4 is 16.1 Å². The molecular formula is C13H12F4O7S. The van der Waals surface area contributed by atoms with Crippen molar-refractivity contribution in [2.45, 2.75) is 30.2 Å². The van der Waals surface area contributed by atoms with Gasteiger partial charge in [0.2, 0.25) is 0 Å². The van der Waals surface area contributed by atoms with Gasteiger partial charge in [0, 0.05) is 0 Å². The second-order valence-electron chi connectivity index (χ2n) is 4.93. The summed E-state index contributed by atoms with van der Waals surface area (Å²) in [6.45, 7) is -1.35. The number of benzene rings is 1. The average molecular weight is 388 g/mol. The first-order chi connectivity index (χ1) is 11.5. The van der Waals surface area contributed by atoms with E-state index in [0.29, 0.717) is 0 Å². The highest BCUT2D eigenvalue weighted by Gasteiger charge is 2.51. The maximum atomic E-state index is 14.1. The molecule has 1 aromatic rings. The van der Waals surface area contributed by atoms with E-state index in [1.165, 1.54) is 24.3 Å². The van der Waals surface area contributed by atoms with Gasteiger partial charge in [-0.05, 0) is 12.1 Å². The molecule has 1 heterocycles. The van der Waals surface area contributed by atoms with Crippen LogP contribution in [0.3, 0.4) is 0 Å². The lowest BCUT2D eigenvalue weighted by Gasteiger charge is -2.16. The molecule has 7 nitrogen and oxygen atoms in total. The smallest absolute Gasteiger partial charge is 0.450 e. The van der Waals surface area contributed by atoms with Crippen molar-refractivity contribution in [2.24, 2.45) is 0 Å². The minimum atomic E-state index is -5.95. The van der Waals surface area contributed by atoms with Crippen LogP contribution in [0.5, 0.6) is 0 Å². The Morgan fingerprint density at radius 3 is 2.40 bits per heavy atom. The molecule has 4 atom stereocenters. The molecule has 1 N–H and O–H groups in total. The molecule has 0 unspecified atom stereocenters. The molecule has 0 radical (unpaired) electrons. The highest BCUT2D eigenvalue weighted by Crippen LogP contribution is 2.29. The van der Waals surface area contributed by atoms with Gasteiger partial charge in [0.1, 0.15) is 6.10 Å². The Kier molecular flexibility index (Phi) is 5.66. The molecule has 0 aliphatic carbocycles. The van der Waals surface area contributed by atoms with Crippen LogP contribution >= 0.6 is 0 Å². The maximum Gasteiger partial charge on any atom is 0.523 e. The average Bonchev–Trinajstić information content (AvgIpc) is 2.80. The normalized spacial score (nSPS) is 27.2. The highest BCUT2D eigenvalue weighted by atomic mass is 32.2. The molecule has 0 spiro atoms. The number of alkyl halides is 4. The van der Waals surface area contributed by atoms with Crippen molar-refractivity contribution in [2.75, 3.05) is 6.61 Å². The number of halogens is 4. The Morgan fingerprint density at radius 2 is 1.84 bits per heavy atom. The molecule has 1 aromatic carbocycles. The van der Waals surface area contributed by atoms with Gasteiger partial charge in [0.15, 0.2) is 18.6 Å². The number of esters is 1. The molecule has 0 aromatic heterocycles. The zero-order valence-electron chi connectivity index (χ0n) is 12.2. The van der Waals surface area contributed by atoms with E-state index >= 15 is 0 Å². The number of aliphatic hydroxyl groups is 1. The number of hydrogen-bond acceptors (Lipinski definition) is 7. The van der Waals surface area contributed by atoms with Crippen LogP contribution in [0.1, 0.15) is 10.4 Å². The molecule has 0 saturated carbocycles. The highest BCUT2D eigenvalue weighted by molar-refractivity contribution is 7.87. The van der Waals surface area contributed by atoms with Crippen LogP contribution in [0.2, 0.25) is 0 Å². The largest absolute Gasteiger partial charge is 0.523 e. The Balaban J connectivity index is 1.99. The number of carbonyl (C=O) groups excluding carboxylic acids is 1. The predicted molar refractivity (Wildman–Crippen MR) is 72.3 cm³/mol. The number of rotatable bonds is 5. The van der Waals surface area contributed by atoms with Crippen molar-refractivity contribution in [3.8, 4) is 0 Å². The van der Waals surface area contributed by atoms with Crippen LogP contribution in [0.15, 0.2) is 30.3 Å².